The monoisotopic (exact) mass is 274 g/mol. The van der Waals surface area contributed by atoms with Crippen LogP contribution in [-0.4, -0.2) is 10.7 Å². The molecule has 0 unspecified atom stereocenters. The van der Waals surface area contributed by atoms with Crippen LogP contribution >= 0.6 is 0 Å². The lowest BCUT2D eigenvalue weighted by atomic mass is 9.67. The van der Waals surface area contributed by atoms with E-state index in [-0.39, 0.29) is 0 Å². The van der Waals surface area contributed by atoms with Crippen molar-refractivity contribution >= 4 is 0 Å². The van der Waals surface area contributed by atoms with Crippen molar-refractivity contribution in [1.29, 1.82) is 0 Å². The topological polar surface area (TPSA) is 20.2 Å². The van der Waals surface area contributed by atoms with E-state index >= 15 is 0 Å². The van der Waals surface area contributed by atoms with Gasteiger partial charge in [0.1, 0.15) is 0 Å². The van der Waals surface area contributed by atoms with Gasteiger partial charge >= 0.3 is 0 Å². The van der Waals surface area contributed by atoms with Gasteiger partial charge in [-0.25, -0.2) is 0 Å². The maximum Gasteiger partial charge on any atom is 0.0688 e. The van der Waals surface area contributed by atoms with Crippen molar-refractivity contribution in [2.24, 2.45) is 11.3 Å². The molecule has 0 spiro atoms. The van der Waals surface area contributed by atoms with E-state index < -0.39 is 5.60 Å². The van der Waals surface area contributed by atoms with Crippen LogP contribution in [0.15, 0.2) is 18.2 Å². The minimum atomic E-state index is -0.486. The summed E-state index contributed by atoms with van der Waals surface area (Å²) in [6.45, 7) is 11.3. The van der Waals surface area contributed by atoms with Crippen molar-refractivity contribution in [3.63, 3.8) is 0 Å². The summed E-state index contributed by atoms with van der Waals surface area (Å²) in [5.74, 6) is 0.751. The molecule has 112 valence electrons. The van der Waals surface area contributed by atoms with E-state index in [9.17, 15) is 5.11 Å². The summed E-state index contributed by atoms with van der Waals surface area (Å²) < 4.78 is 0. The molecular weight excluding hydrogens is 244 g/mol. The molecule has 1 aliphatic rings. The third kappa shape index (κ3) is 3.63. The lowest BCUT2D eigenvalue weighted by Crippen LogP contribution is -2.39. The summed E-state index contributed by atoms with van der Waals surface area (Å²) in [7, 11) is 0. The summed E-state index contributed by atoms with van der Waals surface area (Å²) in [4.78, 5) is 0. The highest BCUT2D eigenvalue weighted by molar-refractivity contribution is 5.31. The van der Waals surface area contributed by atoms with Crippen LogP contribution < -0.4 is 0 Å². The average Bonchev–Trinajstić information content (AvgIpc) is 2.33. The van der Waals surface area contributed by atoms with E-state index in [1.54, 1.807) is 0 Å². The molecule has 1 nitrogen and oxygen atoms in total. The smallest absolute Gasteiger partial charge is 0.0688 e. The number of hydrogen-bond donors (Lipinski definition) is 1. The number of aliphatic hydroxyl groups is 1. The molecule has 1 aliphatic carbocycles. The summed E-state index contributed by atoms with van der Waals surface area (Å²) in [5.41, 5.74) is 3.81. The molecule has 0 saturated heterocycles. The van der Waals surface area contributed by atoms with E-state index in [1.165, 1.54) is 16.7 Å². The van der Waals surface area contributed by atoms with Gasteiger partial charge in [0.25, 0.3) is 0 Å². The van der Waals surface area contributed by atoms with Gasteiger partial charge < -0.3 is 5.11 Å². The third-order valence-corrected chi connectivity index (χ3v) is 5.17. The average molecular weight is 274 g/mol. The second-order valence-electron chi connectivity index (χ2n) is 7.97. The predicted octanol–water partition coefficient (Wildman–Crippen LogP) is 4.81. The minimum absolute atomic E-state index is 0.376. The molecule has 1 N–H and O–H groups in total. The van der Waals surface area contributed by atoms with E-state index in [0.29, 0.717) is 5.41 Å². The summed E-state index contributed by atoms with van der Waals surface area (Å²) in [6.07, 6.45) is 5.03. The fraction of sp³-hybridized carbons (Fsp3) is 0.684. The van der Waals surface area contributed by atoms with Gasteiger partial charge in [-0.3, -0.25) is 0 Å². The second-order valence-corrected chi connectivity index (χ2v) is 7.97. The Balaban J connectivity index is 2.05. The van der Waals surface area contributed by atoms with Crippen LogP contribution in [0.4, 0.5) is 0 Å². The van der Waals surface area contributed by atoms with Gasteiger partial charge in [-0.1, -0.05) is 44.5 Å². The lowest BCUT2D eigenvalue weighted by Gasteiger charge is -2.41. The van der Waals surface area contributed by atoms with Gasteiger partial charge in [-0.15, -0.1) is 0 Å². The molecule has 0 aliphatic heterocycles. The van der Waals surface area contributed by atoms with Crippen LogP contribution in [0.2, 0.25) is 0 Å². The van der Waals surface area contributed by atoms with Gasteiger partial charge in [0.05, 0.1) is 5.60 Å². The van der Waals surface area contributed by atoms with Crippen molar-refractivity contribution in [3.8, 4) is 0 Å². The zero-order chi connectivity index (χ0) is 15.0. The molecule has 0 heterocycles. The lowest BCUT2D eigenvalue weighted by molar-refractivity contribution is -0.0246. The third-order valence-electron chi connectivity index (χ3n) is 5.17. The van der Waals surface area contributed by atoms with Gasteiger partial charge in [0, 0.05) is 6.42 Å². The Morgan fingerprint density at radius 1 is 1.15 bits per heavy atom. The van der Waals surface area contributed by atoms with E-state index in [2.05, 4.69) is 52.8 Å². The van der Waals surface area contributed by atoms with Gasteiger partial charge in [0.15, 0.2) is 0 Å². The molecule has 1 heteroatoms. The van der Waals surface area contributed by atoms with Crippen LogP contribution in [0.3, 0.4) is 0 Å². The van der Waals surface area contributed by atoms with E-state index in [0.717, 1.165) is 38.0 Å². The number of rotatable bonds is 2. The van der Waals surface area contributed by atoms with Crippen molar-refractivity contribution in [1.82, 2.24) is 0 Å². The Hall–Kier alpha value is -0.820. The highest BCUT2D eigenvalue weighted by Crippen LogP contribution is 2.42. The Kier molecular flexibility index (Phi) is 4.30. The van der Waals surface area contributed by atoms with Crippen molar-refractivity contribution in [2.75, 3.05) is 0 Å². The normalized spacial score (nSPS) is 27.6. The van der Waals surface area contributed by atoms with Crippen molar-refractivity contribution in [2.45, 2.75) is 72.3 Å². The Labute approximate surface area is 124 Å². The maximum atomic E-state index is 10.9. The molecule has 1 aromatic carbocycles. The highest BCUT2D eigenvalue weighted by Gasteiger charge is 2.37. The van der Waals surface area contributed by atoms with Gasteiger partial charge in [-0.2, -0.15) is 0 Å². The van der Waals surface area contributed by atoms with Crippen LogP contribution in [0.5, 0.6) is 0 Å². The fourth-order valence-electron chi connectivity index (χ4n) is 3.54. The van der Waals surface area contributed by atoms with E-state index in [1.807, 2.05) is 0 Å². The van der Waals surface area contributed by atoms with Crippen LogP contribution in [0, 0.1) is 25.2 Å². The zero-order valence-electron chi connectivity index (χ0n) is 13.8. The summed E-state index contributed by atoms with van der Waals surface area (Å²) >= 11 is 0. The molecule has 1 saturated carbocycles. The maximum absolute atomic E-state index is 10.9. The fourth-order valence-corrected chi connectivity index (χ4v) is 3.54. The summed E-state index contributed by atoms with van der Waals surface area (Å²) in [5, 5.41) is 10.9. The predicted molar refractivity (Wildman–Crippen MR) is 86.0 cm³/mol. The Morgan fingerprint density at radius 3 is 2.30 bits per heavy atom. The SMILES string of the molecule is Cc1ccc(C)c(CC2(O)CCC(C(C)(C)C)CC2)c1. The van der Waals surface area contributed by atoms with Gasteiger partial charge in [-0.05, 0) is 62.0 Å². The van der Waals surface area contributed by atoms with Gasteiger partial charge in [0.2, 0.25) is 0 Å². The first-order chi connectivity index (χ1) is 9.20. The molecule has 1 aromatic rings. The molecule has 2 rings (SSSR count). The van der Waals surface area contributed by atoms with Crippen molar-refractivity contribution < 1.29 is 5.11 Å². The van der Waals surface area contributed by atoms with E-state index in [4.69, 9.17) is 0 Å². The van der Waals surface area contributed by atoms with Crippen LogP contribution in [-0.2, 0) is 6.42 Å². The van der Waals surface area contributed by atoms with Crippen LogP contribution in [0.25, 0.3) is 0 Å². The molecule has 0 radical (unpaired) electrons. The van der Waals surface area contributed by atoms with Crippen molar-refractivity contribution in [3.05, 3.63) is 34.9 Å². The molecule has 1 fully saturated rings. The molecule has 0 amide bonds. The number of benzene rings is 1. The standard InChI is InChI=1S/C19H30O/c1-14-6-7-15(2)16(12-14)13-19(20)10-8-17(9-11-19)18(3,4)5/h6-7,12,17,20H,8-11,13H2,1-5H3. The Bertz CT molecular complexity index is 459. The summed E-state index contributed by atoms with van der Waals surface area (Å²) in [6, 6.07) is 6.57. The first-order valence-electron chi connectivity index (χ1n) is 7.98. The first kappa shape index (κ1) is 15.6. The largest absolute Gasteiger partial charge is 0.390 e. The minimum Gasteiger partial charge on any atom is -0.390 e. The molecule has 0 atom stereocenters. The molecule has 0 bridgehead atoms. The number of hydrogen-bond acceptors (Lipinski definition) is 1. The zero-order valence-corrected chi connectivity index (χ0v) is 13.8. The number of aryl methyl sites for hydroxylation is 2. The Morgan fingerprint density at radius 2 is 1.75 bits per heavy atom. The van der Waals surface area contributed by atoms with Crippen LogP contribution in [0.1, 0.15) is 63.1 Å². The first-order valence-corrected chi connectivity index (χ1v) is 7.98. The molecule has 20 heavy (non-hydrogen) atoms. The molecular formula is C19H30O. The highest BCUT2D eigenvalue weighted by atomic mass is 16.3. The quantitative estimate of drug-likeness (QED) is 0.820. The molecule has 0 aromatic heterocycles. The second kappa shape index (κ2) is 5.52.